The van der Waals surface area contributed by atoms with Crippen molar-refractivity contribution in [3.63, 3.8) is 0 Å². The second-order valence-corrected chi connectivity index (χ2v) is 7.62. The minimum absolute atomic E-state index is 0.103. The topological polar surface area (TPSA) is 77.1 Å². The number of amides is 1. The van der Waals surface area contributed by atoms with Crippen LogP contribution in [0.4, 0.5) is 36.4 Å². The van der Waals surface area contributed by atoms with Gasteiger partial charge < -0.3 is 5.32 Å². The molecule has 0 unspecified atom stereocenters. The monoisotopic (exact) mass is 550 g/mol. The average Bonchev–Trinajstić information content (AvgIpc) is 3.37. The molecule has 7 nitrogen and oxygen atoms in total. The summed E-state index contributed by atoms with van der Waals surface area (Å²) >= 11 is 3.35. The summed E-state index contributed by atoms with van der Waals surface area (Å²) in [6.07, 6.45) is -2.63. The van der Waals surface area contributed by atoms with E-state index in [0.29, 0.717) is 22.4 Å². The van der Waals surface area contributed by atoms with Crippen LogP contribution in [0.25, 0.3) is 17.0 Å². The van der Waals surface area contributed by atoms with E-state index in [9.17, 15) is 35.5 Å². The highest BCUT2D eigenvalue weighted by atomic mass is 79.9. The molecule has 1 amide bonds. The van der Waals surface area contributed by atoms with Crippen molar-refractivity contribution in [1.82, 2.24) is 24.4 Å². The van der Waals surface area contributed by atoms with Crippen LogP contribution >= 0.6 is 15.9 Å². The summed E-state index contributed by atoms with van der Waals surface area (Å²) in [7, 11) is 0. The molecule has 0 aliphatic rings. The van der Waals surface area contributed by atoms with E-state index in [0.717, 1.165) is 6.07 Å². The number of carbonyl (C=O) groups excluding carboxylic acids is 1. The molecule has 0 spiro atoms. The Morgan fingerprint density at radius 1 is 1.09 bits per heavy atom. The maximum atomic E-state index is 14.1. The summed E-state index contributed by atoms with van der Waals surface area (Å²) < 4.78 is 97.5. The molecule has 4 aromatic rings. The molecule has 0 radical (unpaired) electrons. The minimum Gasteiger partial charge on any atom is -0.315 e. The Balaban J connectivity index is 1.75. The molecule has 4 rings (SSSR count). The highest BCUT2D eigenvalue weighted by molar-refractivity contribution is 9.10. The van der Waals surface area contributed by atoms with Gasteiger partial charge in [-0.2, -0.15) is 23.4 Å². The van der Waals surface area contributed by atoms with E-state index >= 15 is 0 Å². The number of hydrogen-bond acceptors (Lipinski definition) is 4. The molecule has 0 bridgehead atoms. The van der Waals surface area contributed by atoms with E-state index in [1.165, 1.54) is 22.1 Å². The summed E-state index contributed by atoms with van der Waals surface area (Å²) in [4.78, 5) is 16.5. The smallest absolute Gasteiger partial charge is 0.315 e. The molecule has 3 heterocycles. The van der Waals surface area contributed by atoms with Crippen molar-refractivity contribution < 1.29 is 35.5 Å². The van der Waals surface area contributed by atoms with E-state index in [-0.39, 0.29) is 5.65 Å². The fourth-order valence-electron chi connectivity index (χ4n) is 3.09. The molecular weight excluding hydrogens is 541 g/mol. The standard InChI is InChI=1S/C19H10BrF7N6O/c1-2-32-6-7(20)16(31-32)9-3-4-28-10-5-8(30-33(9)10)18(34)29-17-14(23)12(21)11(19(25,26)27)13(22)15(17)24/h3-6H,2H2,1H3,(H,29,34). The number of benzene rings is 1. The van der Waals surface area contributed by atoms with Crippen LogP contribution in [0.1, 0.15) is 23.0 Å². The van der Waals surface area contributed by atoms with Crippen molar-refractivity contribution in [2.75, 3.05) is 5.32 Å². The summed E-state index contributed by atoms with van der Waals surface area (Å²) in [6.45, 7) is 2.41. The molecule has 178 valence electrons. The third kappa shape index (κ3) is 3.89. The number of nitrogens with zero attached hydrogens (tertiary/aromatic N) is 5. The van der Waals surface area contributed by atoms with Crippen molar-refractivity contribution in [2.45, 2.75) is 19.6 Å². The third-order valence-electron chi connectivity index (χ3n) is 4.66. The zero-order chi connectivity index (χ0) is 24.9. The number of hydrogen-bond donors (Lipinski definition) is 1. The van der Waals surface area contributed by atoms with Crippen molar-refractivity contribution in [2.24, 2.45) is 0 Å². The number of aromatic nitrogens is 5. The Kier molecular flexibility index (Phi) is 5.83. The maximum Gasteiger partial charge on any atom is 0.422 e. The number of alkyl halides is 3. The van der Waals surface area contributed by atoms with Gasteiger partial charge in [0.1, 0.15) is 16.9 Å². The predicted octanol–water partition coefficient (Wildman–Crippen LogP) is 5.20. The van der Waals surface area contributed by atoms with E-state index in [1.807, 2.05) is 6.92 Å². The normalized spacial score (nSPS) is 11.9. The number of rotatable bonds is 4. The van der Waals surface area contributed by atoms with Gasteiger partial charge in [-0.05, 0) is 28.9 Å². The summed E-state index contributed by atoms with van der Waals surface area (Å²) in [6, 6.07) is 2.62. The van der Waals surface area contributed by atoms with Gasteiger partial charge >= 0.3 is 6.18 Å². The molecule has 0 saturated heterocycles. The summed E-state index contributed by atoms with van der Waals surface area (Å²) in [5.41, 5.74) is -4.08. The van der Waals surface area contributed by atoms with Crippen molar-refractivity contribution >= 4 is 33.2 Å². The van der Waals surface area contributed by atoms with Crippen LogP contribution < -0.4 is 5.32 Å². The maximum absolute atomic E-state index is 14.1. The molecule has 1 N–H and O–H groups in total. The highest BCUT2D eigenvalue weighted by Gasteiger charge is 2.42. The summed E-state index contributed by atoms with van der Waals surface area (Å²) in [5.74, 6) is -11.6. The fraction of sp³-hybridized carbons (Fsp3) is 0.158. The van der Waals surface area contributed by atoms with E-state index in [2.05, 4.69) is 31.1 Å². The second-order valence-electron chi connectivity index (χ2n) is 6.77. The van der Waals surface area contributed by atoms with Crippen molar-refractivity contribution in [3.8, 4) is 11.4 Å². The van der Waals surface area contributed by atoms with Gasteiger partial charge in [0.25, 0.3) is 5.91 Å². The Morgan fingerprint density at radius 3 is 2.29 bits per heavy atom. The van der Waals surface area contributed by atoms with E-state index in [1.54, 1.807) is 10.9 Å². The van der Waals surface area contributed by atoms with Crippen LogP contribution in [0.3, 0.4) is 0 Å². The first-order valence-electron chi connectivity index (χ1n) is 9.26. The van der Waals surface area contributed by atoms with Gasteiger partial charge in [-0.25, -0.2) is 27.1 Å². The van der Waals surface area contributed by atoms with E-state index in [4.69, 9.17) is 0 Å². The average molecular weight is 551 g/mol. The Labute approximate surface area is 193 Å². The van der Waals surface area contributed by atoms with Crippen LogP contribution in [0.15, 0.2) is 29.0 Å². The SMILES string of the molecule is CCn1cc(Br)c(-c2ccnc3cc(C(=O)Nc4c(F)c(F)c(C(F)(F)F)c(F)c4F)nn23)n1. The Bertz CT molecular complexity index is 1420. The van der Waals surface area contributed by atoms with Crippen LogP contribution in [-0.4, -0.2) is 30.3 Å². The number of anilines is 1. The molecule has 0 aliphatic carbocycles. The molecule has 0 saturated carbocycles. The molecule has 0 fully saturated rings. The van der Waals surface area contributed by atoms with E-state index < -0.39 is 52.3 Å². The summed E-state index contributed by atoms with van der Waals surface area (Å²) in [5, 5.41) is 9.86. The number of fused-ring (bicyclic) bond motifs is 1. The minimum atomic E-state index is -5.71. The molecular formula is C19H10BrF7N6O. The third-order valence-corrected chi connectivity index (χ3v) is 5.24. The molecule has 0 aliphatic heterocycles. The lowest BCUT2D eigenvalue weighted by Crippen LogP contribution is -2.20. The largest absolute Gasteiger partial charge is 0.422 e. The first-order chi connectivity index (χ1) is 15.9. The number of nitrogens with one attached hydrogen (secondary N) is 1. The molecule has 3 aromatic heterocycles. The van der Waals surface area contributed by atoms with Crippen LogP contribution in [0, 0.1) is 23.3 Å². The van der Waals surface area contributed by atoms with Crippen molar-refractivity contribution in [1.29, 1.82) is 0 Å². The van der Waals surface area contributed by atoms with Gasteiger partial charge in [0.05, 0.1) is 10.2 Å². The number of carbonyl (C=O) groups is 1. The van der Waals surface area contributed by atoms with Gasteiger partial charge in [0.2, 0.25) is 0 Å². The van der Waals surface area contributed by atoms with Gasteiger partial charge in [-0.3, -0.25) is 9.48 Å². The predicted molar refractivity (Wildman–Crippen MR) is 107 cm³/mol. The zero-order valence-corrected chi connectivity index (χ0v) is 18.3. The molecule has 15 heteroatoms. The quantitative estimate of drug-likeness (QED) is 0.280. The van der Waals surface area contributed by atoms with Crippen LogP contribution in [-0.2, 0) is 12.7 Å². The Morgan fingerprint density at radius 2 is 1.74 bits per heavy atom. The zero-order valence-electron chi connectivity index (χ0n) is 16.7. The molecule has 34 heavy (non-hydrogen) atoms. The number of aryl methyl sites for hydroxylation is 1. The van der Waals surface area contributed by atoms with Crippen LogP contribution in [0.5, 0.6) is 0 Å². The van der Waals surface area contributed by atoms with Gasteiger partial charge in [0.15, 0.2) is 34.6 Å². The fourth-order valence-corrected chi connectivity index (χ4v) is 3.60. The second kappa shape index (κ2) is 8.38. The lowest BCUT2D eigenvalue weighted by atomic mass is 10.1. The number of halogens is 8. The first kappa shape index (κ1) is 23.7. The van der Waals surface area contributed by atoms with Crippen LogP contribution in [0.2, 0.25) is 0 Å². The highest BCUT2D eigenvalue weighted by Crippen LogP contribution is 2.38. The lowest BCUT2D eigenvalue weighted by Gasteiger charge is -2.14. The van der Waals surface area contributed by atoms with Gasteiger partial charge in [-0.15, -0.1) is 0 Å². The van der Waals surface area contributed by atoms with Gasteiger partial charge in [0, 0.05) is 25.0 Å². The van der Waals surface area contributed by atoms with Crippen molar-refractivity contribution in [3.05, 3.63) is 63.5 Å². The lowest BCUT2D eigenvalue weighted by molar-refractivity contribution is -0.143. The first-order valence-corrected chi connectivity index (χ1v) is 10.1. The molecule has 0 atom stereocenters. The van der Waals surface area contributed by atoms with Gasteiger partial charge in [-0.1, -0.05) is 0 Å². The molecule has 1 aromatic carbocycles. The Hall–Kier alpha value is -3.49.